The summed E-state index contributed by atoms with van der Waals surface area (Å²) >= 11 is 3.14. The molecule has 0 saturated heterocycles. The number of halogens is 1. The Bertz CT molecular complexity index is 522. The zero-order valence-electron chi connectivity index (χ0n) is 12.3. The average Bonchev–Trinajstić information content (AvgIpc) is 2.47. The van der Waals surface area contributed by atoms with Crippen LogP contribution in [0.25, 0.3) is 0 Å². The van der Waals surface area contributed by atoms with Gasteiger partial charge in [0.05, 0.1) is 16.5 Å². The second-order valence-electron chi connectivity index (χ2n) is 4.81. The van der Waals surface area contributed by atoms with Crippen LogP contribution < -0.4 is 5.32 Å². The molecule has 1 rings (SSSR count). The third-order valence-corrected chi connectivity index (χ3v) is 4.07. The standard InChI is InChI=1S/C14H19BrN2O4/c1-4-9(2)13(14(18)21-3)16-8-10-5-6-11(15)12(7-10)17(19)20/h5-7,9,13,16H,4,8H2,1-3H3. The average molecular weight is 359 g/mol. The Hall–Kier alpha value is -1.47. The molecule has 1 N–H and O–H groups in total. The van der Waals surface area contributed by atoms with Gasteiger partial charge in [-0.3, -0.25) is 14.9 Å². The Labute approximate surface area is 132 Å². The van der Waals surface area contributed by atoms with E-state index in [2.05, 4.69) is 21.2 Å². The summed E-state index contributed by atoms with van der Waals surface area (Å²) in [5.74, 6) is -0.209. The fraction of sp³-hybridized carbons (Fsp3) is 0.500. The highest BCUT2D eigenvalue weighted by Crippen LogP contribution is 2.25. The van der Waals surface area contributed by atoms with E-state index < -0.39 is 11.0 Å². The van der Waals surface area contributed by atoms with Gasteiger partial charge in [0.1, 0.15) is 6.04 Å². The number of hydrogen-bond acceptors (Lipinski definition) is 5. The van der Waals surface area contributed by atoms with Crippen molar-refractivity contribution in [2.45, 2.75) is 32.9 Å². The van der Waals surface area contributed by atoms with Crippen molar-refractivity contribution in [3.05, 3.63) is 38.3 Å². The van der Waals surface area contributed by atoms with Crippen LogP contribution in [0, 0.1) is 16.0 Å². The molecule has 0 radical (unpaired) electrons. The van der Waals surface area contributed by atoms with Crippen molar-refractivity contribution < 1.29 is 14.5 Å². The molecule has 0 saturated carbocycles. The normalized spacial score (nSPS) is 13.5. The van der Waals surface area contributed by atoms with Crippen LogP contribution in [0.15, 0.2) is 22.7 Å². The molecule has 2 atom stereocenters. The maximum Gasteiger partial charge on any atom is 0.323 e. The Morgan fingerprint density at radius 3 is 2.71 bits per heavy atom. The SMILES string of the molecule is CCC(C)C(NCc1ccc(Br)c([N+](=O)[O-])c1)C(=O)OC. The summed E-state index contributed by atoms with van der Waals surface area (Å²) < 4.78 is 5.22. The summed E-state index contributed by atoms with van der Waals surface area (Å²) in [7, 11) is 1.35. The summed E-state index contributed by atoms with van der Waals surface area (Å²) in [5, 5.41) is 14.0. The van der Waals surface area contributed by atoms with E-state index in [9.17, 15) is 14.9 Å². The van der Waals surface area contributed by atoms with E-state index in [0.29, 0.717) is 11.0 Å². The molecule has 2 unspecified atom stereocenters. The van der Waals surface area contributed by atoms with Gasteiger partial charge in [0.25, 0.3) is 5.69 Å². The summed E-state index contributed by atoms with van der Waals surface area (Å²) in [6.45, 7) is 4.31. The second-order valence-corrected chi connectivity index (χ2v) is 5.66. The third kappa shape index (κ3) is 4.78. The van der Waals surface area contributed by atoms with E-state index in [1.165, 1.54) is 13.2 Å². The molecular weight excluding hydrogens is 340 g/mol. The molecule has 0 aromatic heterocycles. The summed E-state index contributed by atoms with van der Waals surface area (Å²) in [6, 6.07) is 4.46. The molecule has 7 heteroatoms. The van der Waals surface area contributed by atoms with Crippen molar-refractivity contribution in [2.75, 3.05) is 7.11 Å². The highest BCUT2D eigenvalue weighted by molar-refractivity contribution is 9.10. The van der Waals surface area contributed by atoms with Gasteiger partial charge in [0.2, 0.25) is 0 Å². The molecule has 6 nitrogen and oxygen atoms in total. The number of methoxy groups -OCH3 is 1. The van der Waals surface area contributed by atoms with Crippen molar-refractivity contribution in [3.63, 3.8) is 0 Å². The lowest BCUT2D eigenvalue weighted by atomic mass is 9.99. The van der Waals surface area contributed by atoms with Gasteiger partial charge >= 0.3 is 5.97 Å². The fourth-order valence-corrected chi connectivity index (χ4v) is 2.31. The van der Waals surface area contributed by atoms with E-state index in [4.69, 9.17) is 4.74 Å². The fourth-order valence-electron chi connectivity index (χ4n) is 1.92. The summed E-state index contributed by atoms with van der Waals surface area (Å²) in [4.78, 5) is 22.2. The molecule has 1 aromatic rings. The van der Waals surface area contributed by atoms with E-state index >= 15 is 0 Å². The van der Waals surface area contributed by atoms with Crippen molar-refractivity contribution in [1.82, 2.24) is 5.32 Å². The predicted molar refractivity (Wildman–Crippen MR) is 82.9 cm³/mol. The number of esters is 1. The molecule has 0 aliphatic rings. The van der Waals surface area contributed by atoms with Crippen molar-refractivity contribution in [3.8, 4) is 0 Å². The maximum atomic E-state index is 11.8. The molecule has 0 aliphatic heterocycles. The van der Waals surface area contributed by atoms with E-state index in [1.54, 1.807) is 12.1 Å². The van der Waals surface area contributed by atoms with Gasteiger partial charge in [0.15, 0.2) is 0 Å². The maximum absolute atomic E-state index is 11.8. The highest BCUT2D eigenvalue weighted by Gasteiger charge is 2.24. The van der Waals surface area contributed by atoms with Crippen LogP contribution in [0.3, 0.4) is 0 Å². The van der Waals surface area contributed by atoms with Gasteiger partial charge in [-0.25, -0.2) is 0 Å². The first-order valence-electron chi connectivity index (χ1n) is 6.64. The third-order valence-electron chi connectivity index (χ3n) is 3.40. The molecule has 0 fully saturated rings. The van der Waals surface area contributed by atoms with Crippen LogP contribution in [-0.2, 0) is 16.1 Å². The Balaban J connectivity index is 2.83. The van der Waals surface area contributed by atoms with Crippen LogP contribution in [0.1, 0.15) is 25.8 Å². The van der Waals surface area contributed by atoms with E-state index in [0.717, 1.165) is 12.0 Å². The number of nitro groups is 1. The molecule has 1 aromatic carbocycles. The van der Waals surface area contributed by atoms with Gasteiger partial charge in [0, 0.05) is 12.6 Å². The lowest BCUT2D eigenvalue weighted by molar-refractivity contribution is -0.385. The number of carbonyl (C=O) groups is 1. The number of ether oxygens (including phenoxy) is 1. The molecule has 0 bridgehead atoms. The topological polar surface area (TPSA) is 81.5 Å². The van der Waals surface area contributed by atoms with Gasteiger partial charge in [-0.1, -0.05) is 26.3 Å². The number of carbonyl (C=O) groups excluding carboxylic acids is 1. The van der Waals surface area contributed by atoms with Crippen LogP contribution in [0.4, 0.5) is 5.69 Å². The first-order valence-corrected chi connectivity index (χ1v) is 7.44. The molecule has 0 heterocycles. The molecule has 0 spiro atoms. The second kappa shape index (κ2) is 8.09. The van der Waals surface area contributed by atoms with Crippen LogP contribution in [0.2, 0.25) is 0 Å². The zero-order chi connectivity index (χ0) is 16.0. The first-order chi connectivity index (χ1) is 9.90. The van der Waals surface area contributed by atoms with Gasteiger partial charge in [-0.2, -0.15) is 0 Å². The molecular formula is C14H19BrN2O4. The summed E-state index contributed by atoms with van der Waals surface area (Å²) in [6.07, 6.45) is 0.827. The predicted octanol–water partition coefficient (Wildman–Crippen LogP) is 3.03. The lowest BCUT2D eigenvalue weighted by Crippen LogP contribution is -2.42. The van der Waals surface area contributed by atoms with Crippen LogP contribution in [0.5, 0.6) is 0 Å². The largest absolute Gasteiger partial charge is 0.468 e. The highest BCUT2D eigenvalue weighted by atomic mass is 79.9. The lowest BCUT2D eigenvalue weighted by Gasteiger charge is -2.21. The van der Waals surface area contributed by atoms with Crippen LogP contribution in [-0.4, -0.2) is 24.0 Å². The van der Waals surface area contributed by atoms with Gasteiger partial charge < -0.3 is 10.1 Å². The van der Waals surface area contributed by atoms with Crippen molar-refractivity contribution in [1.29, 1.82) is 0 Å². The number of rotatable bonds is 7. The number of nitrogens with zero attached hydrogens (tertiary/aromatic N) is 1. The minimum Gasteiger partial charge on any atom is -0.468 e. The molecule has 21 heavy (non-hydrogen) atoms. The Morgan fingerprint density at radius 1 is 1.52 bits per heavy atom. The number of nitrogens with one attached hydrogen (secondary N) is 1. The zero-order valence-corrected chi connectivity index (χ0v) is 13.8. The Morgan fingerprint density at radius 2 is 2.19 bits per heavy atom. The minimum atomic E-state index is -0.444. The van der Waals surface area contributed by atoms with Crippen LogP contribution >= 0.6 is 15.9 Å². The van der Waals surface area contributed by atoms with Gasteiger partial charge in [-0.05, 0) is 33.5 Å². The van der Waals surface area contributed by atoms with Crippen molar-refractivity contribution in [2.24, 2.45) is 5.92 Å². The smallest absolute Gasteiger partial charge is 0.323 e. The molecule has 116 valence electrons. The summed E-state index contributed by atoms with van der Waals surface area (Å²) in [5.41, 5.74) is 0.745. The number of hydrogen-bond donors (Lipinski definition) is 1. The van der Waals surface area contributed by atoms with Gasteiger partial charge in [-0.15, -0.1) is 0 Å². The van der Waals surface area contributed by atoms with E-state index in [-0.39, 0.29) is 17.6 Å². The molecule has 0 aliphatic carbocycles. The number of nitro benzene ring substituents is 1. The molecule has 0 amide bonds. The minimum absolute atomic E-state index is 0.00691. The quantitative estimate of drug-likeness (QED) is 0.460. The monoisotopic (exact) mass is 358 g/mol. The first kappa shape index (κ1) is 17.6. The van der Waals surface area contributed by atoms with Crippen molar-refractivity contribution >= 4 is 27.6 Å². The number of benzene rings is 1. The Kier molecular flexibility index (Phi) is 6.77. The van der Waals surface area contributed by atoms with E-state index in [1.807, 2.05) is 13.8 Å².